The minimum Gasteiger partial charge on any atom is -0.324 e. The predicted octanol–water partition coefficient (Wildman–Crippen LogP) is 3.69. The molecule has 1 atom stereocenters. The molecule has 0 saturated heterocycles. The molecule has 2 aromatic carbocycles. The van der Waals surface area contributed by atoms with Crippen LogP contribution in [-0.2, 0) is 6.42 Å². The maximum absolute atomic E-state index is 13.7. The fraction of sp³-hybridized carbons (Fsp3) is 0.250. The van der Waals surface area contributed by atoms with Crippen LogP contribution >= 0.6 is 0 Å². The zero-order valence-corrected chi connectivity index (χ0v) is 10.8. The van der Waals surface area contributed by atoms with E-state index in [2.05, 4.69) is 12.1 Å². The van der Waals surface area contributed by atoms with Gasteiger partial charge in [0.1, 0.15) is 5.82 Å². The number of nitrogens with two attached hydrogens (primary N) is 1. The van der Waals surface area contributed by atoms with Gasteiger partial charge in [-0.2, -0.15) is 0 Å². The van der Waals surface area contributed by atoms with E-state index in [1.807, 2.05) is 32.0 Å². The van der Waals surface area contributed by atoms with E-state index in [-0.39, 0.29) is 11.9 Å². The number of hydrogen-bond acceptors (Lipinski definition) is 1. The number of halogens is 1. The molecular formula is C16H18FN. The van der Waals surface area contributed by atoms with Gasteiger partial charge >= 0.3 is 0 Å². The summed E-state index contributed by atoms with van der Waals surface area (Å²) in [5.74, 6) is -0.222. The highest BCUT2D eigenvalue weighted by atomic mass is 19.1. The number of aryl methyl sites for hydroxylation is 2. The summed E-state index contributed by atoms with van der Waals surface area (Å²) < 4.78 is 13.7. The highest BCUT2D eigenvalue weighted by Crippen LogP contribution is 2.20. The van der Waals surface area contributed by atoms with Gasteiger partial charge in [0.15, 0.2) is 0 Å². The Labute approximate surface area is 107 Å². The number of benzene rings is 2. The van der Waals surface area contributed by atoms with Crippen molar-refractivity contribution in [2.24, 2.45) is 5.73 Å². The summed E-state index contributed by atoms with van der Waals surface area (Å²) in [5.41, 5.74) is 10.1. The molecule has 0 heterocycles. The SMILES string of the molecule is Cc1ccc(CC(N)c2cc(C)ccc2F)cc1. The Balaban J connectivity index is 2.18. The van der Waals surface area contributed by atoms with Gasteiger partial charge in [-0.15, -0.1) is 0 Å². The summed E-state index contributed by atoms with van der Waals surface area (Å²) in [5, 5.41) is 0. The molecular weight excluding hydrogens is 225 g/mol. The third kappa shape index (κ3) is 2.96. The summed E-state index contributed by atoms with van der Waals surface area (Å²) in [6.07, 6.45) is 0.653. The molecule has 0 bridgehead atoms. The fourth-order valence-corrected chi connectivity index (χ4v) is 2.04. The highest BCUT2D eigenvalue weighted by Gasteiger charge is 2.12. The third-order valence-corrected chi connectivity index (χ3v) is 3.13. The zero-order valence-electron chi connectivity index (χ0n) is 10.8. The van der Waals surface area contributed by atoms with Gasteiger partial charge in [0.2, 0.25) is 0 Å². The molecule has 94 valence electrons. The second-order valence-corrected chi connectivity index (χ2v) is 4.82. The molecule has 2 rings (SSSR count). The average molecular weight is 243 g/mol. The van der Waals surface area contributed by atoms with Gasteiger partial charge < -0.3 is 5.73 Å². The van der Waals surface area contributed by atoms with Crippen LogP contribution < -0.4 is 5.73 Å². The molecule has 2 heteroatoms. The van der Waals surface area contributed by atoms with Gasteiger partial charge in [0.25, 0.3) is 0 Å². The van der Waals surface area contributed by atoms with Crippen LogP contribution in [0.5, 0.6) is 0 Å². The topological polar surface area (TPSA) is 26.0 Å². The highest BCUT2D eigenvalue weighted by molar-refractivity contribution is 5.29. The van der Waals surface area contributed by atoms with Crippen LogP contribution in [0.2, 0.25) is 0 Å². The van der Waals surface area contributed by atoms with Crippen LogP contribution in [0.3, 0.4) is 0 Å². The van der Waals surface area contributed by atoms with E-state index < -0.39 is 0 Å². The van der Waals surface area contributed by atoms with E-state index in [9.17, 15) is 4.39 Å². The monoisotopic (exact) mass is 243 g/mol. The van der Waals surface area contributed by atoms with Crippen molar-refractivity contribution in [1.82, 2.24) is 0 Å². The first kappa shape index (κ1) is 12.8. The Morgan fingerprint density at radius 3 is 2.28 bits per heavy atom. The maximum atomic E-state index is 13.7. The van der Waals surface area contributed by atoms with Crippen LogP contribution in [0.25, 0.3) is 0 Å². The van der Waals surface area contributed by atoms with Gasteiger partial charge in [-0.05, 0) is 31.9 Å². The molecule has 0 aliphatic rings. The Hall–Kier alpha value is -1.67. The molecule has 0 aromatic heterocycles. The average Bonchev–Trinajstić information content (AvgIpc) is 2.35. The van der Waals surface area contributed by atoms with Crippen molar-refractivity contribution in [3.05, 3.63) is 70.5 Å². The molecule has 0 spiro atoms. The lowest BCUT2D eigenvalue weighted by Gasteiger charge is -2.14. The lowest BCUT2D eigenvalue weighted by atomic mass is 9.97. The van der Waals surface area contributed by atoms with Crippen LogP contribution in [0.1, 0.15) is 28.3 Å². The Bertz CT molecular complexity index is 531. The molecule has 1 unspecified atom stereocenters. The standard InChI is InChI=1S/C16H18FN/c1-11-3-6-13(7-4-11)10-16(18)14-9-12(2)5-8-15(14)17/h3-9,16H,10,18H2,1-2H3. The number of rotatable bonds is 3. The summed E-state index contributed by atoms with van der Waals surface area (Å²) in [4.78, 5) is 0. The van der Waals surface area contributed by atoms with Crippen LogP contribution in [-0.4, -0.2) is 0 Å². The van der Waals surface area contributed by atoms with E-state index in [4.69, 9.17) is 5.73 Å². The van der Waals surface area contributed by atoms with Gasteiger partial charge in [-0.1, -0.05) is 47.5 Å². The minimum atomic E-state index is -0.299. The van der Waals surface area contributed by atoms with Crippen molar-refractivity contribution < 1.29 is 4.39 Å². The van der Waals surface area contributed by atoms with E-state index >= 15 is 0 Å². The second kappa shape index (κ2) is 5.32. The van der Waals surface area contributed by atoms with Crippen molar-refractivity contribution in [2.45, 2.75) is 26.3 Å². The van der Waals surface area contributed by atoms with Gasteiger partial charge in [0, 0.05) is 11.6 Å². The van der Waals surface area contributed by atoms with E-state index in [1.54, 1.807) is 6.07 Å². The molecule has 0 aliphatic heterocycles. The molecule has 0 saturated carbocycles. The molecule has 1 nitrogen and oxygen atoms in total. The van der Waals surface area contributed by atoms with Gasteiger partial charge in [-0.3, -0.25) is 0 Å². The molecule has 2 N–H and O–H groups in total. The van der Waals surface area contributed by atoms with E-state index in [0.29, 0.717) is 12.0 Å². The Morgan fingerprint density at radius 1 is 1.00 bits per heavy atom. The molecule has 0 fully saturated rings. The predicted molar refractivity (Wildman–Crippen MR) is 72.9 cm³/mol. The minimum absolute atomic E-state index is 0.222. The van der Waals surface area contributed by atoms with E-state index in [1.165, 1.54) is 11.6 Å². The summed E-state index contributed by atoms with van der Waals surface area (Å²) in [6.45, 7) is 3.99. The lowest BCUT2D eigenvalue weighted by Crippen LogP contribution is -2.15. The first-order valence-corrected chi connectivity index (χ1v) is 6.13. The van der Waals surface area contributed by atoms with Crippen molar-refractivity contribution in [1.29, 1.82) is 0 Å². The largest absolute Gasteiger partial charge is 0.324 e. The van der Waals surface area contributed by atoms with Gasteiger partial charge in [-0.25, -0.2) is 4.39 Å². The maximum Gasteiger partial charge on any atom is 0.128 e. The lowest BCUT2D eigenvalue weighted by molar-refractivity contribution is 0.579. The molecule has 0 amide bonds. The quantitative estimate of drug-likeness (QED) is 0.874. The molecule has 2 aromatic rings. The van der Waals surface area contributed by atoms with Crippen molar-refractivity contribution >= 4 is 0 Å². The normalized spacial score (nSPS) is 12.4. The molecule has 18 heavy (non-hydrogen) atoms. The van der Waals surface area contributed by atoms with Crippen LogP contribution in [0, 0.1) is 19.7 Å². The first-order chi connectivity index (χ1) is 8.56. The van der Waals surface area contributed by atoms with Crippen LogP contribution in [0.15, 0.2) is 42.5 Å². The Kier molecular flexibility index (Phi) is 3.78. The van der Waals surface area contributed by atoms with E-state index in [0.717, 1.165) is 11.1 Å². The summed E-state index contributed by atoms with van der Waals surface area (Å²) in [7, 11) is 0. The molecule has 0 aliphatic carbocycles. The number of hydrogen-bond donors (Lipinski definition) is 1. The Morgan fingerprint density at radius 2 is 1.61 bits per heavy atom. The zero-order chi connectivity index (χ0) is 13.1. The third-order valence-electron chi connectivity index (χ3n) is 3.13. The first-order valence-electron chi connectivity index (χ1n) is 6.13. The summed E-state index contributed by atoms with van der Waals surface area (Å²) in [6, 6.07) is 13.0. The molecule has 0 radical (unpaired) electrons. The summed E-state index contributed by atoms with van der Waals surface area (Å²) >= 11 is 0. The fourth-order valence-electron chi connectivity index (χ4n) is 2.04. The van der Waals surface area contributed by atoms with Gasteiger partial charge in [0.05, 0.1) is 0 Å². The second-order valence-electron chi connectivity index (χ2n) is 4.82. The van der Waals surface area contributed by atoms with Crippen molar-refractivity contribution in [2.75, 3.05) is 0 Å². The van der Waals surface area contributed by atoms with Crippen molar-refractivity contribution in [3.63, 3.8) is 0 Å². The van der Waals surface area contributed by atoms with Crippen LogP contribution in [0.4, 0.5) is 4.39 Å². The van der Waals surface area contributed by atoms with Crippen molar-refractivity contribution in [3.8, 4) is 0 Å². The smallest absolute Gasteiger partial charge is 0.128 e.